The van der Waals surface area contributed by atoms with Crippen LogP contribution in [0.4, 0.5) is 0 Å². The Bertz CT molecular complexity index is 320. The second kappa shape index (κ2) is 7.63. The van der Waals surface area contributed by atoms with Gasteiger partial charge in [0.1, 0.15) is 0 Å². The summed E-state index contributed by atoms with van der Waals surface area (Å²) in [6.45, 7) is 2.65. The molecule has 0 aliphatic heterocycles. The summed E-state index contributed by atoms with van der Waals surface area (Å²) in [5.74, 6) is 0. The third kappa shape index (κ3) is 4.31. The van der Waals surface area contributed by atoms with Crippen LogP contribution in [0.2, 0.25) is 0 Å². The quantitative estimate of drug-likeness (QED) is 0.533. The fourth-order valence-corrected chi connectivity index (χ4v) is 2.71. The van der Waals surface area contributed by atoms with Crippen molar-refractivity contribution in [3.05, 3.63) is 34.3 Å². The smallest absolute Gasteiger partial charge is 0.0929 e. The van der Waals surface area contributed by atoms with Gasteiger partial charge in [0.25, 0.3) is 0 Å². The molecule has 0 aromatic heterocycles. The van der Waals surface area contributed by atoms with E-state index in [-0.39, 0.29) is 12.2 Å². The van der Waals surface area contributed by atoms with Crippen molar-refractivity contribution in [1.29, 1.82) is 0 Å². The number of methoxy groups -OCH3 is 1. The Morgan fingerprint density at radius 3 is 2.62 bits per heavy atom. The van der Waals surface area contributed by atoms with Crippen molar-refractivity contribution in [1.82, 2.24) is 0 Å². The van der Waals surface area contributed by atoms with Crippen molar-refractivity contribution >= 4 is 38.5 Å². The van der Waals surface area contributed by atoms with Gasteiger partial charge in [-0.2, -0.15) is 0 Å². The summed E-state index contributed by atoms with van der Waals surface area (Å²) < 4.78 is 13.0. The summed E-state index contributed by atoms with van der Waals surface area (Å²) in [5.41, 5.74) is 1.19. The van der Waals surface area contributed by atoms with Gasteiger partial charge in [-0.25, -0.2) is 0 Å². The number of ether oxygens (including phenoxy) is 2. The van der Waals surface area contributed by atoms with E-state index in [0.29, 0.717) is 6.61 Å². The minimum atomic E-state index is 0.108. The molecule has 0 aliphatic carbocycles. The molecule has 2 unspecified atom stereocenters. The van der Waals surface area contributed by atoms with E-state index in [2.05, 4.69) is 44.6 Å². The molecule has 1 aromatic carbocycles. The van der Waals surface area contributed by atoms with Crippen LogP contribution in [-0.2, 0) is 9.47 Å². The van der Waals surface area contributed by atoms with Gasteiger partial charge in [-0.1, -0.05) is 56.7 Å². The molecule has 1 rings (SSSR count). The molecule has 0 N–H and O–H groups in total. The minimum Gasteiger partial charge on any atom is -0.382 e. The number of hydrogen-bond donors (Lipinski definition) is 0. The van der Waals surface area contributed by atoms with Crippen LogP contribution < -0.4 is 0 Å². The average Bonchev–Trinajstić information content (AvgIpc) is 2.27. The van der Waals surface area contributed by atoms with Crippen molar-refractivity contribution in [3.8, 4) is 0 Å². The molecule has 0 bridgehead atoms. The fraction of sp³-hybridized carbons (Fsp3) is 0.500. The molecular formula is C12H16BrIO2. The SMILES string of the molecule is COCC(C)OC(CI)c1ccccc1Br. The second-order valence-electron chi connectivity index (χ2n) is 3.57. The lowest BCUT2D eigenvalue weighted by Crippen LogP contribution is -2.19. The van der Waals surface area contributed by atoms with Gasteiger partial charge >= 0.3 is 0 Å². The summed E-state index contributed by atoms with van der Waals surface area (Å²) in [7, 11) is 1.69. The zero-order valence-corrected chi connectivity index (χ0v) is 13.2. The van der Waals surface area contributed by atoms with E-state index in [1.54, 1.807) is 7.11 Å². The lowest BCUT2D eigenvalue weighted by Gasteiger charge is -2.21. The van der Waals surface area contributed by atoms with Crippen LogP contribution in [0.1, 0.15) is 18.6 Å². The number of hydrogen-bond acceptors (Lipinski definition) is 2. The van der Waals surface area contributed by atoms with Crippen molar-refractivity contribution in [2.75, 3.05) is 18.1 Å². The molecule has 0 heterocycles. The molecule has 0 spiro atoms. The van der Waals surface area contributed by atoms with Crippen molar-refractivity contribution in [2.24, 2.45) is 0 Å². The highest BCUT2D eigenvalue weighted by Crippen LogP contribution is 2.28. The molecular weight excluding hydrogens is 383 g/mol. The Balaban J connectivity index is 2.71. The Hall–Kier alpha value is 0.350. The number of alkyl halides is 1. The number of benzene rings is 1. The predicted octanol–water partition coefficient (Wildman–Crippen LogP) is 3.98. The van der Waals surface area contributed by atoms with E-state index in [4.69, 9.17) is 9.47 Å². The van der Waals surface area contributed by atoms with Crippen LogP contribution in [0.3, 0.4) is 0 Å². The van der Waals surface area contributed by atoms with Crippen LogP contribution in [0, 0.1) is 0 Å². The van der Waals surface area contributed by atoms with Crippen LogP contribution in [-0.4, -0.2) is 24.2 Å². The van der Waals surface area contributed by atoms with E-state index in [0.717, 1.165) is 8.90 Å². The molecule has 4 heteroatoms. The maximum Gasteiger partial charge on any atom is 0.0929 e. The summed E-state index contributed by atoms with van der Waals surface area (Å²) in [5, 5.41) is 0. The van der Waals surface area contributed by atoms with Gasteiger partial charge in [-0.15, -0.1) is 0 Å². The third-order valence-electron chi connectivity index (χ3n) is 2.19. The van der Waals surface area contributed by atoms with Crippen molar-refractivity contribution in [2.45, 2.75) is 19.1 Å². The summed E-state index contributed by atoms with van der Waals surface area (Å²) in [6, 6.07) is 8.17. The lowest BCUT2D eigenvalue weighted by molar-refractivity contribution is -0.0294. The Morgan fingerprint density at radius 1 is 1.38 bits per heavy atom. The topological polar surface area (TPSA) is 18.5 Å². The number of halogens is 2. The maximum absolute atomic E-state index is 5.94. The summed E-state index contributed by atoms with van der Waals surface area (Å²) in [6.07, 6.45) is 0.221. The molecule has 0 radical (unpaired) electrons. The lowest BCUT2D eigenvalue weighted by atomic mass is 10.1. The van der Waals surface area contributed by atoms with Gasteiger partial charge in [-0.3, -0.25) is 0 Å². The highest BCUT2D eigenvalue weighted by atomic mass is 127. The van der Waals surface area contributed by atoms with E-state index in [1.807, 2.05) is 25.1 Å². The zero-order chi connectivity index (χ0) is 12.0. The molecule has 0 saturated carbocycles. The summed E-state index contributed by atoms with van der Waals surface area (Å²) >= 11 is 5.90. The van der Waals surface area contributed by atoms with Crippen molar-refractivity contribution < 1.29 is 9.47 Å². The highest BCUT2D eigenvalue weighted by molar-refractivity contribution is 14.1. The van der Waals surface area contributed by atoms with Gasteiger partial charge < -0.3 is 9.47 Å². The molecule has 0 fully saturated rings. The standard InChI is InChI=1S/C12H16BrIO2/c1-9(8-15-2)16-12(7-14)10-5-3-4-6-11(10)13/h3-6,9,12H,7-8H2,1-2H3. The zero-order valence-electron chi connectivity index (χ0n) is 9.45. The average molecular weight is 399 g/mol. The first-order chi connectivity index (χ1) is 7.69. The van der Waals surface area contributed by atoms with Gasteiger partial charge in [-0.05, 0) is 18.6 Å². The monoisotopic (exact) mass is 398 g/mol. The second-order valence-corrected chi connectivity index (χ2v) is 5.30. The van der Waals surface area contributed by atoms with Crippen LogP contribution in [0.15, 0.2) is 28.7 Å². The first-order valence-electron chi connectivity index (χ1n) is 5.13. The van der Waals surface area contributed by atoms with Gasteiger partial charge in [0.2, 0.25) is 0 Å². The molecule has 0 amide bonds. The minimum absolute atomic E-state index is 0.108. The van der Waals surface area contributed by atoms with Crippen molar-refractivity contribution in [3.63, 3.8) is 0 Å². The molecule has 16 heavy (non-hydrogen) atoms. The van der Waals surface area contributed by atoms with E-state index < -0.39 is 0 Å². The van der Waals surface area contributed by atoms with E-state index >= 15 is 0 Å². The first-order valence-corrected chi connectivity index (χ1v) is 7.45. The normalized spacial score (nSPS) is 14.8. The molecule has 1 aromatic rings. The summed E-state index contributed by atoms with van der Waals surface area (Å²) in [4.78, 5) is 0. The number of rotatable bonds is 6. The first kappa shape index (κ1) is 14.4. The van der Waals surface area contributed by atoms with Gasteiger partial charge in [0.05, 0.1) is 18.8 Å². The predicted molar refractivity (Wildman–Crippen MR) is 78.2 cm³/mol. The van der Waals surface area contributed by atoms with E-state index in [1.165, 1.54) is 5.56 Å². The Morgan fingerprint density at radius 2 is 2.06 bits per heavy atom. The van der Waals surface area contributed by atoms with Crippen LogP contribution in [0.5, 0.6) is 0 Å². The highest BCUT2D eigenvalue weighted by Gasteiger charge is 2.16. The van der Waals surface area contributed by atoms with E-state index in [9.17, 15) is 0 Å². The van der Waals surface area contributed by atoms with Gasteiger partial charge in [0.15, 0.2) is 0 Å². The Kier molecular flexibility index (Phi) is 6.87. The molecule has 2 atom stereocenters. The fourth-order valence-electron chi connectivity index (χ4n) is 1.48. The van der Waals surface area contributed by atoms with Gasteiger partial charge in [0, 0.05) is 16.0 Å². The van der Waals surface area contributed by atoms with Crippen LogP contribution in [0.25, 0.3) is 0 Å². The molecule has 0 aliphatic rings. The molecule has 0 saturated heterocycles. The molecule has 90 valence electrons. The third-order valence-corrected chi connectivity index (χ3v) is 3.71. The van der Waals surface area contributed by atoms with Crippen LogP contribution >= 0.6 is 38.5 Å². The largest absolute Gasteiger partial charge is 0.382 e. The molecule has 2 nitrogen and oxygen atoms in total. The Labute approximate surface area is 119 Å². The maximum atomic E-state index is 5.94.